The molecule has 0 N–H and O–H groups in total. The predicted octanol–water partition coefficient (Wildman–Crippen LogP) is 3.93. The van der Waals surface area contributed by atoms with Gasteiger partial charge in [-0.3, -0.25) is 9.78 Å². The van der Waals surface area contributed by atoms with E-state index in [4.69, 9.17) is 0 Å². The second-order valence-corrected chi connectivity index (χ2v) is 5.16. The van der Waals surface area contributed by atoms with Crippen molar-refractivity contribution in [3.8, 4) is 0 Å². The number of aryl methyl sites for hydroxylation is 1. The Labute approximate surface area is 103 Å². The van der Waals surface area contributed by atoms with Crippen LogP contribution in [0.4, 0.5) is 0 Å². The molecule has 17 heavy (non-hydrogen) atoms. The van der Waals surface area contributed by atoms with Crippen LogP contribution in [-0.4, -0.2) is 10.8 Å². The maximum atomic E-state index is 12.1. The van der Waals surface area contributed by atoms with E-state index in [9.17, 15) is 4.79 Å². The molecular formula is C15H21NO. The molecule has 1 heterocycles. The summed E-state index contributed by atoms with van der Waals surface area (Å²) in [5.74, 6) is 1.05. The Balaban J connectivity index is 1.87. The average molecular weight is 231 g/mol. The lowest BCUT2D eigenvalue weighted by Crippen LogP contribution is -2.10. The first kappa shape index (κ1) is 12.3. The Hall–Kier alpha value is -1.18. The van der Waals surface area contributed by atoms with Gasteiger partial charge in [-0.15, -0.1) is 0 Å². The van der Waals surface area contributed by atoms with Crippen molar-refractivity contribution in [2.75, 3.05) is 0 Å². The van der Waals surface area contributed by atoms with Gasteiger partial charge in [-0.1, -0.05) is 32.1 Å². The number of pyridine rings is 1. The van der Waals surface area contributed by atoms with E-state index in [1.165, 1.54) is 32.1 Å². The van der Waals surface area contributed by atoms with Gasteiger partial charge >= 0.3 is 0 Å². The van der Waals surface area contributed by atoms with Crippen molar-refractivity contribution >= 4 is 5.78 Å². The van der Waals surface area contributed by atoms with Crippen molar-refractivity contribution in [1.82, 2.24) is 4.98 Å². The van der Waals surface area contributed by atoms with Crippen LogP contribution in [0.5, 0.6) is 0 Å². The molecule has 1 fully saturated rings. The molecule has 1 aromatic heterocycles. The monoisotopic (exact) mass is 231 g/mol. The smallest absolute Gasteiger partial charge is 0.164 e. The SMILES string of the molecule is Cc1ccncc1C(=O)CCC1CCCCC1. The van der Waals surface area contributed by atoms with Crippen LogP contribution in [0.1, 0.15) is 60.9 Å². The fourth-order valence-corrected chi connectivity index (χ4v) is 2.70. The minimum Gasteiger partial charge on any atom is -0.294 e. The zero-order chi connectivity index (χ0) is 12.1. The molecule has 2 heteroatoms. The van der Waals surface area contributed by atoms with Crippen molar-refractivity contribution in [3.05, 3.63) is 29.6 Å². The van der Waals surface area contributed by atoms with Gasteiger partial charge in [0.05, 0.1) is 0 Å². The van der Waals surface area contributed by atoms with E-state index in [0.717, 1.165) is 23.5 Å². The van der Waals surface area contributed by atoms with E-state index in [2.05, 4.69) is 4.98 Å². The molecule has 0 unspecified atom stereocenters. The van der Waals surface area contributed by atoms with Crippen molar-refractivity contribution in [2.24, 2.45) is 5.92 Å². The highest BCUT2D eigenvalue weighted by molar-refractivity contribution is 5.97. The lowest BCUT2D eigenvalue weighted by Gasteiger charge is -2.20. The Kier molecular flexibility index (Phi) is 4.29. The van der Waals surface area contributed by atoms with Crippen LogP contribution in [0.3, 0.4) is 0 Å². The first-order valence-electron chi connectivity index (χ1n) is 6.71. The summed E-state index contributed by atoms with van der Waals surface area (Å²) >= 11 is 0. The lowest BCUT2D eigenvalue weighted by molar-refractivity contribution is 0.0969. The average Bonchev–Trinajstić information content (AvgIpc) is 2.38. The summed E-state index contributed by atoms with van der Waals surface area (Å²) < 4.78 is 0. The minimum atomic E-state index is 0.265. The predicted molar refractivity (Wildman–Crippen MR) is 69.1 cm³/mol. The van der Waals surface area contributed by atoms with Crippen LogP contribution >= 0.6 is 0 Å². The third-order valence-corrected chi connectivity index (χ3v) is 3.84. The van der Waals surface area contributed by atoms with Crippen LogP contribution in [0.15, 0.2) is 18.5 Å². The number of carbonyl (C=O) groups is 1. The van der Waals surface area contributed by atoms with Gasteiger partial charge in [-0.25, -0.2) is 0 Å². The number of Topliss-reactive ketones (excluding diaryl/α,β-unsaturated/α-hetero) is 1. The number of aromatic nitrogens is 1. The second-order valence-electron chi connectivity index (χ2n) is 5.16. The Morgan fingerprint density at radius 1 is 1.35 bits per heavy atom. The second kappa shape index (κ2) is 5.95. The summed E-state index contributed by atoms with van der Waals surface area (Å²) in [6, 6.07) is 1.91. The van der Waals surface area contributed by atoms with E-state index in [0.29, 0.717) is 6.42 Å². The van der Waals surface area contributed by atoms with E-state index < -0.39 is 0 Å². The molecule has 0 aromatic carbocycles. The van der Waals surface area contributed by atoms with E-state index in [1.807, 2.05) is 13.0 Å². The highest BCUT2D eigenvalue weighted by Crippen LogP contribution is 2.27. The van der Waals surface area contributed by atoms with Crippen LogP contribution in [0, 0.1) is 12.8 Å². The fraction of sp³-hybridized carbons (Fsp3) is 0.600. The molecule has 2 rings (SSSR count). The van der Waals surface area contributed by atoms with E-state index in [-0.39, 0.29) is 5.78 Å². The van der Waals surface area contributed by atoms with Crippen molar-refractivity contribution < 1.29 is 4.79 Å². The topological polar surface area (TPSA) is 30.0 Å². The van der Waals surface area contributed by atoms with Gasteiger partial charge in [-0.05, 0) is 30.9 Å². The summed E-state index contributed by atoms with van der Waals surface area (Å²) in [5.41, 5.74) is 1.86. The van der Waals surface area contributed by atoms with Gasteiger partial charge in [0.2, 0.25) is 0 Å². The minimum absolute atomic E-state index is 0.265. The molecule has 92 valence electrons. The van der Waals surface area contributed by atoms with Gasteiger partial charge < -0.3 is 0 Å². The van der Waals surface area contributed by atoms with Crippen LogP contribution < -0.4 is 0 Å². The molecule has 1 aromatic rings. The number of ketones is 1. The fourth-order valence-electron chi connectivity index (χ4n) is 2.70. The molecule has 0 radical (unpaired) electrons. The maximum absolute atomic E-state index is 12.1. The lowest BCUT2D eigenvalue weighted by atomic mass is 9.85. The summed E-state index contributed by atoms with van der Waals surface area (Å²) in [4.78, 5) is 16.1. The van der Waals surface area contributed by atoms with Crippen LogP contribution in [-0.2, 0) is 0 Å². The maximum Gasteiger partial charge on any atom is 0.164 e. The Morgan fingerprint density at radius 2 is 2.12 bits per heavy atom. The summed E-state index contributed by atoms with van der Waals surface area (Å²) in [5, 5.41) is 0. The van der Waals surface area contributed by atoms with Crippen LogP contribution in [0.25, 0.3) is 0 Å². The van der Waals surface area contributed by atoms with Gasteiger partial charge in [0.15, 0.2) is 5.78 Å². The number of hydrogen-bond donors (Lipinski definition) is 0. The number of rotatable bonds is 4. The molecule has 1 saturated carbocycles. The van der Waals surface area contributed by atoms with Crippen LogP contribution in [0.2, 0.25) is 0 Å². The summed E-state index contributed by atoms with van der Waals surface area (Å²) in [6.07, 6.45) is 11.9. The molecule has 0 atom stereocenters. The normalized spacial score (nSPS) is 17.0. The summed E-state index contributed by atoms with van der Waals surface area (Å²) in [6.45, 7) is 1.98. The number of hydrogen-bond acceptors (Lipinski definition) is 2. The molecule has 0 bridgehead atoms. The third kappa shape index (κ3) is 3.39. The van der Waals surface area contributed by atoms with Gasteiger partial charge in [-0.2, -0.15) is 0 Å². The van der Waals surface area contributed by atoms with E-state index in [1.54, 1.807) is 12.4 Å². The van der Waals surface area contributed by atoms with Crippen molar-refractivity contribution in [1.29, 1.82) is 0 Å². The molecule has 1 aliphatic carbocycles. The highest BCUT2D eigenvalue weighted by Gasteiger charge is 2.16. The number of carbonyl (C=O) groups excluding carboxylic acids is 1. The molecule has 1 aliphatic rings. The Bertz CT molecular complexity index is 380. The Morgan fingerprint density at radius 3 is 2.82 bits per heavy atom. The third-order valence-electron chi connectivity index (χ3n) is 3.84. The standard InChI is InChI=1S/C15H21NO/c1-12-9-10-16-11-14(12)15(17)8-7-13-5-3-2-4-6-13/h9-11,13H,2-8H2,1H3. The van der Waals surface area contributed by atoms with Gasteiger partial charge in [0, 0.05) is 24.4 Å². The molecule has 0 spiro atoms. The first-order valence-corrected chi connectivity index (χ1v) is 6.71. The van der Waals surface area contributed by atoms with Crippen molar-refractivity contribution in [3.63, 3.8) is 0 Å². The zero-order valence-corrected chi connectivity index (χ0v) is 10.6. The zero-order valence-electron chi connectivity index (χ0n) is 10.6. The first-order chi connectivity index (χ1) is 8.27. The van der Waals surface area contributed by atoms with Gasteiger partial charge in [0.1, 0.15) is 0 Å². The quantitative estimate of drug-likeness (QED) is 0.735. The van der Waals surface area contributed by atoms with Gasteiger partial charge in [0.25, 0.3) is 0 Å². The molecule has 0 amide bonds. The molecule has 2 nitrogen and oxygen atoms in total. The van der Waals surface area contributed by atoms with E-state index >= 15 is 0 Å². The largest absolute Gasteiger partial charge is 0.294 e. The number of nitrogens with zero attached hydrogens (tertiary/aromatic N) is 1. The molecule has 0 saturated heterocycles. The summed E-state index contributed by atoms with van der Waals surface area (Å²) in [7, 11) is 0. The van der Waals surface area contributed by atoms with Crippen molar-refractivity contribution in [2.45, 2.75) is 51.9 Å². The highest BCUT2D eigenvalue weighted by atomic mass is 16.1. The molecule has 0 aliphatic heterocycles. The molecular weight excluding hydrogens is 210 g/mol.